The van der Waals surface area contributed by atoms with Gasteiger partial charge in [0.1, 0.15) is 0 Å². The number of ether oxygens (including phenoxy) is 2. The first-order chi connectivity index (χ1) is 9.01. The summed E-state index contributed by atoms with van der Waals surface area (Å²) >= 11 is 0. The maximum atomic E-state index is 11.9. The second kappa shape index (κ2) is 5.39. The van der Waals surface area contributed by atoms with Crippen molar-refractivity contribution in [2.24, 2.45) is 0 Å². The number of benzene rings is 1. The van der Waals surface area contributed by atoms with Crippen LogP contribution in [0.2, 0.25) is 0 Å². The number of hydrogen-bond donors (Lipinski definition) is 0. The van der Waals surface area contributed by atoms with E-state index in [-0.39, 0.29) is 0 Å². The summed E-state index contributed by atoms with van der Waals surface area (Å²) in [5.74, 6) is -7.48. The highest BCUT2D eigenvalue weighted by atomic mass is 19.4. The van der Waals surface area contributed by atoms with Crippen molar-refractivity contribution in [1.29, 1.82) is 0 Å². The first-order valence-electron chi connectivity index (χ1n) is 4.60. The first-order valence-corrected chi connectivity index (χ1v) is 4.60. The monoisotopic (exact) mass is 301 g/mol. The molecule has 0 N–H and O–H groups in total. The quantitative estimate of drug-likeness (QED) is 0.478. The van der Waals surface area contributed by atoms with Crippen LogP contribution in [-0.2, 0) is 9.59 Å². The molecule has 109 valence electrons. The summed E-state index contributed by atoms with van der Waals surface area (Å²) in [7, 11) is 0. The number of halogens is 6. The molecule has 0 aliphatic carbocycles. The fraction of sp³-hybridized carbons (Fsp3) is 0.200. The van der Waals surface area contributed by atoms with Gasteiger partial charge in [-0.15, -0.1) is 0 Å². The van der Waals surface area contributed by atoms with E-state index in [1.54, 1.807) is 0 Å². The maximum absolute atomic E-state index is 11.9. The van der Waals surface area contributed by atoms with Gasteiger partial charge in [-0.25, -0.2) is 9.59 Å². The van der Waals surface area contributed by atoms with E-state index in [2.05, 4.69) is 9.47 Å². The van der Waals surface area contributed by atoms with Crippen molar-refractivity contribution in [2.75, 3.05) is 0 Å². The Hall–Kier alpha value is -2.26. The molecule has 0 aliphatic heterocycles. The Labute approximate surface area is 106 Å². The number of esters is 2. The molecule has 0 unspecified atom stereocenters. The molecule has 1 aromatic carbocycles. The standard InChI is InChI=1S/C10H3F6O4/c11-9(12,13)7(17)19-5-3-1-2-4-6(5)20-8(18)10(14,15)16/h1-3H. The van der Waals surface area contributed by atoms with Gasteiger partial charge >= 0.3 is 24.3 Å². The van der Waals surface area contributed by atoms with E-state index in [1.165, 1.54) is 0 Å². The molecule has 4 nitrogen and oxygen atoms in total. The SMILES string of the molecule is O=C(Oc1[c]cccc1OC(=O)C(F)(F)F)C(F)(F)F. The van der Waals surface area contributed by atoms with E-state index in [0.717, 1.165) is 12.1 Å². The Morgan fingerprint density at radius 3 is 1.95 bits per heavy atom. The van der Waals surface area contributed by atoms with Crippen molar-refractivity contribution < 1.29 is 45.4 Å². The van der Waals surface area contributed by atoms with Gasteiger partial charge in [-0.2, -0.15) is 26.3 Å². The molecule has 0 heterocycles. The minimum absolute atomic E-state index is 0.707. The summed E-state index contributed by atoms with van der Waals surface area (Å²) in [6, 6.07) is 4.58. The topological polar surface area (TPSA) is 52.6 Å². The zero-order valence-corrected chi connectivity index (χ0v) is 9.13. The fourth-order valence-electron chi connectivity index (χ4n) is 0.875. The predicted molar refractivity (Wildman–Crippen MR) is 48.7 cm³/mol. The number of hydrogen-bond acceptors (Lipinski definition) is 4. The molecular weight excluding hydrogens is 298 g/mol. The minimum Gasteiger partial charge on any atom is -0.416 e. The molecule has 1 aromatic rings. The van der Waals surface area contributed by atoms with E-state index in [4.69, 9.17) is 0 Å². The molecule has 1 radical (unpaired) electrons. The predicted octanol–water partition coefficient (Wildman–Crippen LogP) is 2.42. The molecule has 0 saturated carbocycles. The van der Waals surface area contributed by atoms with Crippen LogP contribution in [0, 0.1) is 6.07 Å². The van der Waals surface area contributed by atoms with Gasteiger partial charge in [0.15, 0.2) is 11.5 Å². The van der Waals surface area contributed by atoms with Crippen LogP contribution in [0.5, 0.6) is 11.5 Å². The van der Waals surface area contributed by atoms with Crippen LogP contribution in [0.1, 0.15) is 0 Å². The number of para-hydroxylation sites is 1. The van der Waals surface area contributed by atoms with Gasteiger partial charge in [0.2, 0.25) is 0 Å². The normalized spacial score (nSPS) is 11.9. The van der Waals surface area contributed by atoms with Crippen molar-refractivity contribution >= 4 is 11.9 Å². The van der Waals surface area contributed by atoms with Gasteiger partial charge in [0.25, 0.3) is 0 Å². The zero-order valence-electron chi connectivity index (χ0n) is 9.13. The van der Waals surface area contributed by atoms with Crippen LogP contribution >= 0.6 is 0 Å². The number of alkyl halides is 6. The Balaban J connectivity index is 2.95. The van der Waals surface area contributed by atoms with Crippen LogP contribution in [-0.4, -0.2) is 24.3 Å². The number of carbonyl (C=O) groups excluding carboxylic acids is 2. The zero-order chi connectivity index (χ0) is 15.6. The van der Waals surface area contributed by atoms with Crippen molar-refractivity contribution in [3.8, 4) is 11.5 Å². The third-order valence-corrected chi connectivity index (χ3v) is 1.64. The van der Waals surface area contributed by atoms with E-state index in [1.807, 2.05) is 6.07 Å². The van der Waals surface area contributed by atoms with Gasteiger partial charge in [-0.05, 0) is 6.07 Å². The Morgan fingerprint density at radius 2 is 1.45 bits per heavy atom. The summed E-state index contributed by atoms with van der Waals surface area (Å²) in [5, 5.41) is 0. The van der Waals surface area contributed by atoms with Crippen LogP contribution in [0.15, 0.2) is 18.2 Å². The molecule has 0 aromatic heterocycles. The van der Waals surface area contributed by atoms with Crippen LogP contribution in [0.4, 0.5) is 26.3 Å². The second-order valence-electron chi connectivity index (χ2n) is 3.14. The lowest BCUT2D eigenvalue weighted by Crippen LogP contribution is -2.30. The molecule has 0 spiro atoms. The molecular formula is C10H3F6O4. The molecule has 0 aliphatic rings. The molecule has 10 heteroatoms. The Morgan fingerprint density at radius 1 is 0.950 bits per heavy atom. The molecule has 0 amide bonds. The highest BCUT2D eigenvalue weighted by Gasteiger charge is 2.43. The number of rotatable bonds is 2. The van der Waals surface area contributed by atoms with Crippen LogP contribution in [0.3, 0.4) is 0 Å². The van der Waals surface area contributed by atoms with E-state index < -0.39 is 35.8 Å². The third-order valence-electron chi connectivity index (χ3n) is 1.64. The average Bonchev–Trinajstić information content (AvgIpc) is 2.29. The summed E-state index contributed by atoms with van der Waals surface area (Å²) < 4.78 is 79.2. The molecule has 20 heavy (non-hydrogen) atoms. The lowest BCUT2D eigenvalue weighted by Gasteiger charge is -2.11. The van der Waals surface area contributed by atoms with Crippen molar-refractivity contribution in [1.82, 2.24) is 0 Å². The van der Waals surface area contributed by atoms with E-state index >= 15 is 0 Å². The van der Waals surface area contributed by atoms with Gasteiger partial charge in [0, 0.05) is 6.07 Å². The highest BCUT2D eigenvalue weighted by molar-refractivity contribution is 5.81. The molecule has 0 saturated heterocycles. The second-order valence-corrected chi connectivity index (χ2v) is 3.14. The van der Waals surface area contributed by atoms with E-state index in [9.17, 15) is 35.9 Å². The van der Waals surface area contributed by atoms with Crippen molar-refractivity contribution in [3.05, 3.63) is 24.3 Å². The van der Waals surface area contributed by atoms with Gasteiger partial charge in [0.05, 0.1) is 0 Å². The summed E-state index contributed by atoms with van der Waals surface area (Å²) in [4.78, 5) is 21.1. The molecule has 0 atom stereocenters. The lowest BCUT2D eigenvalue weighted by atomic mass is 10.3. The summed E-state index contributed by atoms with van der Waals surface area (Å²) in [5.41, 5.74) is 0. The van der Waals surface area contributed by atoms with Gasteiger partial charge in [-0.3, -0.25) is 0 Å². The van der Waals surface area contributed by atoms with Gasteiger partial charge in [-0.1, -0.05) is 12.1 Å². The fourth-order valence-corrected chi connectivity index (χ4v) is 0.875. The highest BCUT2D eigenvalue weighted by Crippen LogP contribution is 2.30. The Kier molecular flexibility index (Phi) is 4.26. The van der Waals surface area contributed by atoms with Crippen molar-refractivity contribution in [3.63, 3.8) is 0 Å². The number of carbonyl (C=O) groups is 2. The van der Waals surface area contributed by atoms with Crippen LogP contribution in [0.25, 0.3) is 0 Å². The minimum atomic E-state index is -5.37. The lowest BCUT2D eigenvalue weighted by molar-refractivity contribution is -0.191. The smallest absolute Gasteiger partial charge is 0.416 e. The first kappa shape index (κ1) is 15.8. The average molecular weight is 301 g/mol. The maximum Gasteiger partial charge on any atom is 0.491 e. The Bertz CT molecular complexity index is 472. The van der Waals surface area contributed by atoms with Crippen LogP contribution < -0.4 is 9.47 Å². The summed E-state index contributed by atoms with van der Waals surface area (Å²) in [6.45, 7) is 0. The molecule has 1 rings (SSSR count). The van der Waals surface area contributed by atoms with E-state index in [0.29, 0.717) is 6.07 Å². The summed E-state index contributed by atoms with van der Waals surface area (Å²) in [6.07, 6.45) is -10.7. The van der Waals surface area contributed by atoms with Crippen molar-refractivity contribution in [2.45, 2.75) is 12.4 Å². The van der Waals surface area contributed by atoms with Gasteiger partial charge < -0.3 is 9.47 Å². The molecule has 0 bridgehead atoms. The third kappa shape index (κ3) is 4.14. The molecule has 0 fully saturated rings. The largest absolute Gasteiger partial charge is 0.491 e.